The van der Waals surface area contributed by atoms with Gasteiger partial charge in [-0.2, -0.15) is 15.0 Å². The first kappa shape index (κ1) is 19.5. The van der Waals surface area contributed by atoms with Gasteiger partial charge in [0.05, 0.1) is 16.6 Å². The van der Waals surface area contributed by atoms with Gasteiger partial charge in [-0.15, -0.1) is 11.3 Å². The quantitative estimate of drug-likeness (QED) is 0.474. The highest BCUT2D eigenvalue weighted by molar-refractivity contribution is 7.12. The normalized spacial score (nSPS) is 10.7. The molecule has 0 saturated heterocycles. The van der Waals surface area contributed by atoms with Gasteiger partial charge in [0, 0.05) is 18.2 Å². The molecule has 1 aromatic carbocycles. The van der Waals surface area contributed by atoms with Crippen molar-refractivity contribution in [3.05, 3.63) is 70.0 Å². The summed E-state index contributed by atoms with van der Waals surface area (Å²) in [5.41, 5.74) is 2.02. The number of pyridine rings is 1. The van der Waals surface area contributed by atoms with Crippen molar-refractivity contribution < 1.29 is 9.59 Å². The second-order valence-corrected chi connectivity index (χ2v) is 7.64. The summed E-state index contributed by atoms with van der Waals surface area (Å²) in [6.45, 7) is 1.97. The molecule has 0 saturated carbocycles. The first-order valence-corrected chi connectivity index (χ1v) is 10.2. The number of anilines is 1. The molecule has 0 fully saturated rings. The monoisotopic (exact) mass is 415 g/mol. The van der Waals surface area contributed by atoms with E-state index < -0.39 is 0 Å². The fourth-order valence-corrected chi connectivity index (χ4v) is 3.84. The minimum atomic E-state index is -0.365. The number of thiophene rings is 1. The summed E-state index contributed by atoms with van der Waals surface area (Å²) in [5.74, 6) is 0.294. The molecule has 148 valence electrons. The van der Waals surface area contributed by atoms with E-state index in [2.05, 4.69) is 15.4 Å². The standard InChI is InChI=1S/C22H17N5O2S/c1-14-11-20(25-17-6-3-2-5-16(14)17)27-22(15(12-23)13-24-27)26-21(29)9-8-18(28)19-7-4-10-30-19/h2-7,10-11,13H,8-9H2,1H3,(H,26,29). The largest absolute Gasteiger partial charge is 0.309 e. The lowest BCUT2D eigenvalue weighted by molar-refractivity contribution is -0.116. The first-order valence-electron chi connectivity index (χ1n) is 9.28. The molecule has 0 aliphatic heterocycles. The molecule has 1 N–H and O–H groups in total. The first-order chi connectivity index (χ1) is 14.6. The summed E-state index contributed by atoms with van der Waals surface area (Å²) in [5, 5.41) is 19.2. The number of amides is 1. The van der Waals surface area contributed by atoms with Crippen LogP contribution in [0.2, 0.25) is 0 Å². The van der Waals surface area contributed by atoms with E-state index >= 15 is 0 Å². The summed E-state index contributed by atoms with van der Waals surface area (Å²) in [4.78, 5) is 29.9. The number of rotatable bonds is 6. The molecule has 0 radical (unpaired) electrons. The number of para-hydroxylation sites is 1. The lowest BCUT2D eigenvalue weighted by atomic mass is 10.1. The Morgan fingerprint density at radius 3 is 2.80 bits per heavy atom. The Kier molecular flexibility index (Phi) is 5.37. The lowest BCUT2D eigenvalue weighted by Crippen LogP contribution is -2.17. The van der Waals surface area contributed by atoms with Crippen LogP contribution >= 0.6 is 11.3 Å². The lowest BCUT2D eigenvalue weighted by Gasteiger charge is -2.11. The zero-order chi connectivity index (χ0) is 21.1. The third kappa shape index (κ3) is 3.83. The Labute approximate surface area is 176 Å². The summed E-state index contributed by atoms with van der Waals surface area (Å²) >= 11 is 1.35. The van der Waals surface area contributed by atoms with Gasteiger partial charge in [-0.1, -0.05) is 24.3 Å². The van der Waals surface area contributed by atoms with Crippen LogP contribution in [0.4, 0.5) is 5.82 Å². The maximum absolute atomic E-state index is 12.5. The molecule has 0 atom stereocenters. The van der Waals surface area contributed by atoms with Gasteiger partial charge in [0.25, 0.3) is 0 Å². The van der Waals surface area contributed by atoms with E-state index in [1.807, 2.05) is 48.7 Å². The van der Waals surface area contributed by atoms with Crippen molar-refractivity contribution in [2.45, 2.75) is 19.8 Å². The fraction of sp³-hybridized carbons (Fsp3) is 0.136. The third-order valence-corrected chi connectivity index (χ3v) is 5.56. The van der Waals surface area contributed by atoms with Crippen molar-refractivity contribution >= 4 is 39.7 Å². The molecule has 3 aromatic heterocycles. The summed E-state index contributed by atoms with van der Waals surface area (Å²) in [6.07, 6.45) is 1.49. The predicted octanol–water partition coefficient (Wildman–Crippen LogP) is 4.26. The van der Waals surface area contributed by atoms with Crippen molar-refractivity contribution in [3.8, 4) is 11.9 Å². The van der Waals surface area contributed by atoms with Crippen LogP contribution in [-0.4, -0.2) is 26.5 Å². The number of benzene rings is 1. The molecule has 0 spiro atoms. The highest BCUT2D eigenvalue weighted by atomic mass is 32.1. The Morgan fingerprint density at radius 2 is 2.03 bits per heavy atom. The predicted molar refractivity (Wildman–Crippen MR) is 115 cm³/mol. The number of nitrogens with one attached hydrogen (secondary N) is 1. The van der Waals surface area contributed by atoms with E-state index in [1.165, 1.54) is 22.2 Å². The van der Waals surface area contributed by atoms with E-state index in [4.69, 9.17) is 0 Å². The molecular formula is C22H17N5O2S. The number of hydrogen-bond acceptors (Lipinski definition) is 6. The van der Waals surface area contributed by atoms with Crippen molar-refractivity contribution in [3.63, 3.8) is 0 Å². The minimum absolute atomic E-state index is 0.0109. The molecule has 0 bridgehead atoms. The Hall–Kier alpha value is -3.83. The number of aromatic nitrogens is 3. The number of ketones is 1. The highest BCUT2D eigenvalue weighted by Crippen LogP contribution is 2.24. The van der Waals surface area contributed by atoms with Gasteiger partial charge >= 0.3 is 0 Å². The zero-order valence-corrected chi connectivity index (χ0v) is 16.9. The van der Waals surface area contributed by atoms with Crippen LogP contribution in [0.1, 0.15) is 33.6 Å². The van der Waals surface area contributed by atoms with E-state index in [0.717, 1.165) is 16.5 Å². The molecule has 4 rings (SSSR count). The van der Waals surface area contributed by atoms with Crippen LogP contribution in [0.15, 0.2) is 54.0 Å². The minimum Gasteiger partial charge on any atom is -0.309 e. The number of nitriles is 1. The maximum Gasteiger partial charge on any atom is 0.226 e. The van der Waals surface area contributed by atoms with E-state index in [1.54, 1.807) is 12.1 Å². The Balaban J connectivity index is 1.59. The van der Waals surface area contributed by atoms with Crippen LogP contribution in [0.3, 0.4) is 0 Å². The van der Waals surface area contributed by atoms with E-state index in [-0.39, 0.29) is 35.9 Å². The van der Waals surface area contributed by atoms with Gasteiger partial charge in [0.1, 0.15) is 11.6 Å². The molecular weight excluding hydrogens is 398 g/mol. The second kappa shape index (κ2) is 8.27. The molecule has 0 aliphatic rings. The molecule has 1 amide bonds. The average Bonchev–Trinajstić information content (AvgIpc) is 3.42. The van der Waals surface area contributed by atoms with Gasteiger partial charge in [-0.3, -0.25) is 9.59 Å². The number of nitrogens with zero attached hydrogens (tertiary/aromatic N) is 4. The van der Waals surface area contributed by atoms with Gasteiger partial charge in [0.2, 0.25) is 5.91 Å². The fourth-order valence-electron chi connectivity index (χ4n) is 3.15. The second-order valence-electron chi connectivity index (χ2n) is 6.69. The third-order valence-electron chi connectivity index (χ3n) is 4.65. The summed E-state index contributed by atoms with van der Waals surface area (Å²) < 4.78 is 1.44. The number of hydrogen-bond donors (Lipinski definition) is 1. The highest BCUT2D eigenvalue weighted by Gasteiger charge is 2.18. The zero-order valence-electron chi connectivity index (χ0n) is 16.1. The van der Waals surface area contributed by atoms with Crippen LogP contribution in [0, 0.1) is 18.3 Å². The molecule has 0 unspecified atom stereocenters. The Morgan fingerprint density at radius 1 is 1.20 bits per heavy atom. The number of Topliss-reactive ketones (excluding diaryl/α,β-unsaturated/α-hetero) is 1. The van der Waals surface area contributed by atoms with Crippen LogP contribution in [0.25, 0.3) is 16.7 Å². The summed E-state index contributed by atoms with van der Waals surface area (Å²) in [7, 11) is 0. The van der Waals surface area contributed by atoms with E-state index in [9.17, 15) is 14.9 Å². The SMILES string of the molecule is Cc1cc(-n2ncc(C#N)c2NC(=O)CCC(=O)c2cccs2)nc2ccccc12. The number of fused-ring (bicyclic) bond motifs is 1. The van der Waals surface area contributed by atoms with Gasteiger partial charge in [-0.25, -0.2) is 4.98 Å². The smallest absolute Gasteiger partial charge is 0.226 e. The van der Waals surface area contributed by atoms with Gasteiger partial charge in [0.15, 0.2) is 17.4 Å². The molecule has 4 aromatic rings. The topological polar surface area (TPSA) is 101 Å². The van der Waals surface area contributed by atoms with Crippen LogP contribution < -0.4 is 5.32 Å². The maximum atomic E-state index is 12.5. The van der Waals surface area contributed by atoms with Crippen molar-refractivity contribution in [1.82, 2.24) is 14.8 Å². The van der Waals surface area contributed by atoms with Crippen molar-refractivity contribution in [2.24, 2.45) is 0 Å². The van der Waals surface area contributed by atoms with Gasteiger partial charge in [-0.05, 0) is 36.1 Å². The molecule has 0 aliphatic carbocycles. The van der Waals surface area contributed by atoms with E-state index in [0.29, 0.717) is 10.7 Å². The van der Waals surface area contributed by atoms with Gasteiger partial charge < -0.3 is 5.32 Å². The Bertz CT molecular complexity index is 1280. The van der Waals surface area contributed by atoms with Crippen LogP contribution in [-0.2, 0) is 4.79 Å². The number of aryl methyl sites for hydroxylation is 1. The average molecular weight is 415 g/mol. The number of carbonyl (C=O) groups excluding carboxylic acids is 2. The summed E-state index contributed by atoms with van der Waals surface area (Å²) in [6, 6.07) is 15.2. The molecule has 3 heterocycles. The van der Waals surface area contributed by atoms with Crippen molar-refractivity contribution in [2.75, 3.05) is 5.32 Å². The van der Waals surface area contributed by atoms with Crippen LogP contribution in [0.5, 0.6) is 0 Å². The molecule has 8 heteroatoms. The van der Waals surface area contributed by atoms with Crippen molar-refractivity contribution in [1.29, 1.82) is 5.26 Å². The molecule has 30 heavy (non-hydrogen) atoms. The molecule has 7 nitrogen and oxygen atoms in total. The number of carbonyl (C=O) groups is 2.